The van der Waals surface area contributed by atoms with Gasteiger partial charge in [0.2, 0.25) is 0 Å². The van der Waals surface area contributed by atoms with Crippen molar-refractivity contribution < 1.29 is 5.11 Å². The lowest BCUT2D eigenvalue weighted by Crippen LogP contribution is -2.43. The van der Waals surface area contributed by atoms with E-state index in [2.05, 4.69) is 16.1 Å². The molecule has 0 bridgehead atoms. The molecule has 19 heavy (non-hydrogen) atoms. The van der Waals surface area contributed by atoms with Gasteiger partial charge in [0, 0.05) is 25.7 Å². The van der Waals surface area contributed by atoms with Crippen LogP contribution in [0.2, 0.25) is 0 Å². The zero-order chi connectivity index (χ0) is 13.5. The summed E-state index contributed by atoms with van der Waals surface area (Å²) >= 11 is 0. The van der Waals surface area contributed by atoms with Gasteiger partial charge in [-0.1, -0.05) is 36.3 Å². The molecular weight excluding hydrogens is 236 g/mol. The molecule has 1 atom stereocenters. The molecule has 0 saturated carbocycles. The topological polar surface area (TPSA) is 35.5 Å². The van der Waals surface area contributed by atoms with Gasteiger partial charge in [-0.05, 0) is 18.4 Å². The molecule has 1 aromatic carbocycles. The van der Waals surface area contributed by atoms with Gasteiger partial charge in [0.25, 0.3) is 0 Å². The van der Waals surface area contributed by atoms with Crippen LogP contribution in [-0.4, -0.2) is 42.2 Å². The second kappa shape index (κ2) is 7.30. The van der Waals surface area contributed by atoms with Crippen LogP contribution in [0.4, 0.5) is 0 Å². The summed E-state index contributed by atoms with van der Waals surface area (Å²) in [6.45, 7) is 3.45. The predicted octanol–water partition coefficient (Wildman–Crippen LogP) is 1.41. The van der Waals surface area contributed by atoms with Gasteiger partial charge in [0.05, 0.1) is 12.6 Å². The summed E-state index contributed by atoms with van der Waals surface area (Å²) < 4.78 is 0. The summed E-state index contributed by atoms with van der Waals surface area (Å²) in [5.74, 6) is 2.69. The van der Waals surface area contributed by atoms with Crippen molar-refractivity contribution in [3.05, 3.63) is 35.9 Å². The van der Waals surface area contributed by atoms with Crippen molar-refractivity contribution in [3.8, 4) is 12.3 Å². The van der Waals surface area contributed by atoms with Crippen LogP contribution in [0.5, 0.6) is 0 Å². The third-order valence-electron chi connectivity index (χ3n) is 3.69. The van der Waals surface area contributed by atoms with Crippen LogP contribution in [-0.2, 0) is 0 Å². The molecule has 1 heterocycles. The summed E-state index contributed by atoms with van der Waals surface area (Å²) in [5, 5.41) is 13.5. The van der Waals surface area contributed by atoms with Crippen LogP contribution in [0.3, 0.4) is 0 Å². The zero-order valence-electron chi connectivity index (χ0n) is 11.3. The third-order valence-corrected chi connectivity index (χ3v) is 3.69. The molecule has 1 unspecified atom stereocenters. The van der Waals surface area contributed by atoms with E-state index in [0.29, 0.717) is 12.6 Å². The lowest BCUT2D eigenvalue weighted by Gasteiger charge is -2.31. The average Bonchev–Trinajstić information content (AvgIpc) is 2.47. The number of rotatable bonds is 5. The molecule has 1 aliphatic rings. The van der Waals surface area contributed by atoms with Crippen LogP contribution in [0.15, 0.2) is 30.3 Å². The van der Waals surface area contributed by atoms with E-state index in [9.17, 15) is 5.11 Å². The molecule has 0 amide bonds. The molecule has 0 radical (unpaired) electrons. The minimum Gasteiger partial charge on any atom is -0.387 e. The molecule has 0 spiro atoms. The van der Waals surface area contributed by atoms with Crippen LogP contribution >= 0.6 is 0 Å². The Balaban J connectivity index is 1.71. The van der Waals surface area contributed by atoms with E-state index in [1.807, 2.05) is 30.3 Å². The van der Waals surface area contributed by atoms with Crippen molar-refractivity contribution >= 4 is 0 Å². The van der Waals surface area contributed by atoms with E-state index in [4.69, 9.17) is 6.42 Å². The van der Waals surface area contributed by atoms with Crippen LogP contribution in [0.25, 0.3) is 0 Å². The van der Waals surface area contributed by atoms with Gasteiger partial charge in [-0.25, -0.2) is 0 Å². The van der Waals surface area contributed by atoms with E-state index in [-0.39, 0.29) is 0 Å². The highest BCUT2D eigenvalue weighted by molar-refractivity contribution is 5.17. The lowest BCUT2D eigenvalue weighted by atomic mass is 10.0. The van der Waals surface area contributed by atoms with Crippen molar-refractivity contribution in [1.82, 2.24) is 10.2 Å². The minimum atomic E-state index is -0.426. The fourth-order valence-electron chi connectivity index (χ4n) is 2.50. The predicted molar refractivity (Wildman–Crippen MR) is 77.7 cm³/mol. The van der Waals surface area contributed by atoms with E-state index in [1.165, 1.54) is 0 Å². The van der Waals surface area contributed by atoms with Crippen LogP contribution < -0.4 is 5.32 Å². The zero-order valence-corrected chi connectivity index (χ0v) is 11.3. The monoisotopic (exact) mass is 258 g/mol. The Hall–Kier alpha value is -1.34. The number of terminal acetylenes is 1. The number of nitrogens with zero attached hydrogens (tertiary/aromatic N) is 1. The molecule has 2 N–H and O–H groups in total. The minimum absolute atomic E-state index is 0.426. The summed E-state index contributed by atoms with van der Waals surface area (Å²) in [4.78, 5) is 2.30. The second-order valence-electron chi connectivity index (χ2n) is 5.09. The van der Waals surface area contributed by atoms with Gasteiger partial charge in [-0.15, -0.1) is 6.42 Å². The molecular formula is C16H22N2O. The van der Waals surface area contributed by atoms with E-state index >= 15 is 0 Å². The Morgan fingerprint density at radius 1 is 1.32 bits per heavy atom. The lowest BCUT2D eigenvalue weighted by molar-refractivity contribution is 0.155. The quantitative estimate of drug-likeness (QED) is 0.784. The summed E-state index contributed by atoms with van der Waals surface area (Å²) in [6.07, 6.45) is 7.09. The number of benzene rings is 1. The molecule has 1 fully saturated rings. The molecule has 2 rings (SSSR count). The first-order valence-electron chi connectivity index (χ1n) is 6.92. The summed E-state index contributed by atoms with van der Waals surface area (Å²) in [7, 11) is 0. The van der Waals surface area contributed by atoms with Gasteiger partial charge >= 0.3 is 0 Å². The highest BCUT2D eigenvalue weighted by Gasteiger charge is 2.19. The van der Waals surface area contributed by atoms with Crippen molar-refractivity contribution in [1.29, 1.82) is 0 Å². The van der Waals surface area contributed by atoms with Gasteiger partial charge < -0.3 is 10.4 Å². The fourth-order valence-corrected chi connectivity index (χ4v) is 2.50. The Morgan fingerprint density at radius 2 is 2.00 bits per heavy atom. The van der Waals surface area contributed by atoms with E-state index in [0.717, 1.165) is 38.0 Å². The van der Waals surface area contributed by atoms with Crippen LogP contribution in [0, 0.1) is 12.3 Å². The number of hydrogen-bond acceptors (Lipinski definition) is 3. The molecule has 1 saturated heterocycles. The standard InChI is InChI=1S/C16H22N2O/c1-2-10-18-11-8-15(9-12-18)17-13-16(19)14-6-4-3-5-7-14/h1,3-7,15-17,19H,8-13H2. The summed E-state index contributed by atoms with van der Waals surface area (Å²) in [5.41, 5.74) is 0.972. The number of nitrogens with one attached hydrogen (secondary N) is 1. The summed E-state index contributed by atoms with van der Waals surface area (Å²) in [6, 6.07) is 10.3. The van der Waals surface area contributed by atoms with Gasteiger partial charge in [0.15, 0.2) is 0 Å². The molecule has 1 aliphatic heterocycles. The number of aliphatic hydroxyl groups excluding tert-OH is 1. The number of piperidine rings is 1. The Kier molecular flexibility index (Phi) is 5.41. The normalized spacial score (nSPS) is 18.9. The van der Waals surface area contributed by atoms with Crippen molar-refractivity contribution in [2.24, 2.45) is 0 Å². The van der Waals surface area contributed by atoms with Crippen molar-refractivity contribution in [2.75, 3.05) is 26.2 Å². The number of likely N-dealkylation sites (tertiary alicyclic amines) is 1. The molecule has 1 aromatic rings. The van der Waals surface area contributed by atoms with Crippen molar-refractivity contribution in [3.63, 3.8) is 0 Å². The third kappa shape index (κ3) is 4.36. The first-order valence-corrected chi connectivity index (χ1v) is 6.92. The Morgan fingerprint density at radius 3 is 2.63 bits per heavy atom. The molecule has 102 valence electrons. The fraction of sp³-hybridized carbons (Fsp3) is 0.500. The van der Waals surface area contributed by atoms with Gasteiger partial charge in [-0.3, -0.25) is 4.90 Å². The number of aliphatic hydroxyl groups is 1. The largest absolute Gasteiger partial charge is 0.387 e. The highest BCUT2D eigenvalue weighted by atomic mass is 16.3. The maximum atomic E-state index is 10.1. The Labute approximate surface area is 115 Å². The van der Waals surface area contributed by atoms with Crippen molar-refractivity contribution in [2.45, 2.75) is 25.0 Å². The van der Waals surface area contributed by atoms with E-state index in [1.54, 1.807) is 0 Å². The molecule has 3 nitrogen and oxygen atoms in total. The maximum Gasteiger partial charge on any atom is 0.0914 e. The maximum absolute atomic E-state index is 10.1. The van der Waals surface area contributed by atoms with E-state index < -0.39 is 6.10 Å². The first-order chi connectivity index (χ1) is 9.29. The number of hydrogen-bond donors (Lipinski definition) is 2. The van der Waals surface area contributed by atoms with Gasteiger partial charge in [0.1, 0.15) is 0 Å². The molecule has 0 aliphatic carbocycles. The SMILES string of the molecule is C#CCN1CCC(NCC(O)c2ccccc2)CC1. The first kappa shape index (κ1) is 14.1. The van der Waals surface area contributed by atoms with Gasteiger partial charge in [-0.2, -0.15) is 0 Å². The second-order valence-corrected chi connectivity index (χ2v) is 5.09. The average molecular weight is 258 g/mol. The van der Waals surface area contributed by atoms with Crippen LogP contribution in [0.1, 0.15) is 24.5 Å². The Bertz CT molecular complexity index is 405. The molecule has 0 aromatic heterocycles. The highest BCUT2D eigenvalue weighted by Crippen LogP contribution is 2.13. The molecule has 3 heteroatoms. The smallest absolute Gasteiger partial charge is 0.0914 e.